The Morgan fingerprint density at radius 3 is 2.55 bits per heavy atom. The SMILES string of the molecule is COc1cccc(CN[C@@H](C)[C@H](O)c2ccccc2)c1. The van der Waals surface area contributed by atoms with Gasteiger partial charge in [0.25, 0.3) is 0 Å². The van der Waals surface area contributed by atoms with Crippen LogP contribution in [0.5, 0.6) is 5.75 Å². The van der Waals surface area contributed by atoms with Gasteiger partial charge in [-0.1, -0.05) is 42.5 Å². The van der Waals surface area contributed by atoms with Crippen molar-refractivity contribution < 1.29 is 9.84 Å². The van der Waals surface area contributed by atoms with Crippen LogP contribution in [0.4, 0.5) is 0 Å². The van der Waals surface area contributed by atoms with Crippen LogP contribution in [0, 0.1) is 0 Å². The largest absolute Gasteiger partial charge is 0.497 e. The first kappa shape index (κ1) is 14.6. The molecule has 0 unspecified atom stereocenters. The summed E-state index contributed by atoms with van der Waals surface area (Å²) in [5.41, 5.74) is 2.06. The minimum atomic E-state index is -0.512. The van der Waals surface area contributed by atoms with E-state index in [9.17, 15) is 5.11 Å². The minimum absolute atomic E-state index is 0.0244. The summed E-state index contributed by atoms with van der Waals surface area (Å²) in [5.74, 6) is 0.848. The molecule has 0 aliphatic heterocycles. The molecule has 0 heterocycles. The lowest BCUT2D eigenvalue weighted by molar-refractivity contribution is 0.135. The lowest BCUT2D eigenvalue weighted by atomic mass is 10.0. The molecular formula is C17H21NO2. The number of ether oxygens (including phenoxy) is 1. The first-order valence-corrected chi connectivity index (χ1v) is 6.80. The van der Waals surface area contributed by atoms with E-state index < -0.39 is 6.10 Å². The van der Waals surface area contributed by atoms with Crippen molar-refractivity contribution in [1.29, 1.82) is 0 Å². The van der Waals surface area contributed by atoms with Crippen molar-refractivity contribution in [2.75, 3.05) is 7.11 Å². The van der Waals surface area contributed by atoms with E-state index in [1.54, 1.807) is 7.11 Å². The molecule has 2 atom stereocenters. The third kappa shape index (κ3) is 3.83. The van der Waals surface area contributed by atoms with Crippen LogP contribution in [-0.2, 0) is 6.54 Å². The fraction of sp³-hybridized carbons (Fsp3) is 0.294. The second-order valence-electron chi connectivity index (χ2n) is 4.88. The van der Waals surface area contributed by atoms with Gasteiger partial charge < -0.3 is 15.2 Å². The summed E-state index contributed by atoms with van der Waals surface area (Å²) in [4.78, 5) is 0. The number of nitrogens with one attached hydrogen (secondary N) is 1. The van der Waals surface area contributed by atoms with E-state index in [1.165, 1.54) is 0 Å². The lowest BCUT2D eigenvalue weighted by Gasteiger charge is -2.20. The van der Waals surface area contributed by atoms with Crippen LogP contribution < -0.4 is 10.1 Å². The topological polar surface area (TPSA) is 41.5 Å². The fourth-order valence-corrected chi connectivity index (χ4v) is 2.11. The van der Waals surface area contributed by atoms with Crippen molar-refractivity contribution in [2.45, 2.75) is 25.6 Å². The Morgan fingerprint density at radius 2 is 1.85 bits per heavy atom. The Hall–Kier alpha value is -1.84. The number of benzene rings is 2. The zero-order chi connectivity index (χ0) is 14.4. The predicted molar refractivity (Wildman–Crippen MR) is 80.7 cm³/mol. The van der Waals surface area contributed by atoms with E-state index in [4.69, 9.17) is 4.74 Å². The van der Waals surface area contributed by atoms with Gasteiger partial charge in [-0.3, -0.25) is 0 Å². The molecule has 0 aliphatic rings. The van der Waals surface area contributed by atoms with E-state index in [-0.39, 0.29) is 6.04 Å². The highest BCUT2D eigenvalue weighted by Crippen LogP contribution is 2.17. The van der Waals surface area contributed by atoms with Crippen LogP contribution in [0.2, 0.25) is 0 Å². The molecule has 2 rings (SSSR count). The maximum atomic E-state index is 10.3. The van der Waals surface area contributed by atoms with E-state index in [2.05, 4.69) is 5.32 Å². The van der Waals surface area contributed by atoms with Gasteiger partial charge >= 0.3 is 0 Å². The number of aliphatic hydroxyl groups excluding tert-OH is 1. The van der Waals surface area contributed by atoms with Gasteiger partial charge in [-0.25, -0.2) is 0 Å². The normalized spacial score (nSPS) is 13.8. The van der Waals surface area contributed by atoms with Gasteiger partial charge in [0, 0.05) is 12.6 Å². The smallest absolute Gasteiger partial charge is 0.119 e. The summed E-state index contributed by atoms with van der Waals surface area (Å²) in [7, 11) is 1.66. The van der Waals surface area contributed by atoms with E-state index in [0.717, 1.165) is 16.9 Å². The van der Waals surface area contributed by atoms with Crippen LogP contribution in [0.25, 0.3) is 0 Å². The number of hydrogen-bond acceptors (Lipinski definition) is 3. The number of hydrogen-bond donors (Lipinski definition) is 2. The molecule has 0 spiro atoms. The molecule has 3 heteroatoms. The number of aliphatic hydroxyl groups is 1. The summed E-state index contributed by atoms with van der Waals surface area (Å²) in [6.07, 6.45) is -0.512. The van der Waals surface area contributed by atoms with Crippen LogP contribution in [0.1, 0.15) is 24.2 Å². The van der Waals surface area contributed by atoms with Crippen molar-refractivity contribution >= 4 is 0 Å². The molecule has 2 aromatic rings. The Kier molecular flexibility index (Phi) is 5.16. The Balaban J connectivity index is 1.93. The molecule has 0 bridgehead atoms. The molecule has 0 amide bonds. The molecule has 106 valence electrons. The maximum Gasteiger partial charge on any atom is 0.119 e. The average molecular weight is 271 g/mol. The van der Waals surface area contributed by atoms with Crippen LogP contribution >= 0.6 is 0 Å². The monoisotopic (exact) mass is 271 g/mol. The Labute approximate surface area is 120 Å². The van der Waals surface area contributed by atoms with Gasteiger partial charge in [0.15, 0.2) is 0 Å². The van der Waals surface area contributed by atoms with E-state index in [0.29, 0.717) is 6.54 Å². The number of rotatable bonds is 6. The molecule has 2 N–H and O–H groups in total. The highest BCUT2D eigenvalue weighted by Gasteiger charge is 2.15. The van der Waals surface area contributed by atoms with Crippen molar-refractivity contribution in [3.63, 3.8) is 0 Å². The lowest BCUT2D eigenvalue weighted by Crippen LogP contribution is -2.31. The third-order valence-electron chi connectivity index (χ3n) is 3.38. The quantitative estimate of drug-likeness (QED) is 0.849. The second-order valence-corrected chi connectivity index (χ2v) is 4.88. The highest BCUT2D eigenvalue weighted by atomic mass is 16.5. The summed E-state index contributed by atoms with van der Waals surface area (Å²) < 4.78 is 5.20. The molecule has 0 fully saturated rings. The van der Waals surface area contributed by atoms with E-state index in [1.807, 2.05) is 61.5 Å². The fourth-order valence-electron chi connectivity index (χ4n) is 2.11. The van der Waals surface area contributed by atoms with Gasteiger partial charge in [-0.15, -0.1) is 0 Å². The third-order valence-corrected chi connectivity index (χ3v) is 3.38. The molecule has 20 heavy (non-hydrogen) atoms. The van der Waals surface area contributed by atoms with Crippen molar-refractivity contribution in [1.82, 2.24) is 5.32 Å². The summed E-state index contributed by atoms with van der Waals surface area (Å²) in [5, 5.41) is 13.6. The number of methoxy groups -OCH3 is 1. The van der Waals surface area contributed by atoms with Crippen LogP contribution in [-0.4, -0.2) is 18.3 Å². The van der Waals surface area contributed by atoms with Gasteiger partial charge in [-0.2, -0.15) is 0 Å². The zero-order valence-corrected chi connectivity index (χ0v) is 11.9. The van der Waals surface area contributed by atoms with Gasteiger partial charge in [0.1, 0.15) is 5.75 Å². The molecule has 0 saturated carbocycles. The maximum absolute atomic E-state index is 10.3. The summed E-state index contributed by atoms with van der Waals surface area (Å²) >= 11 is 0. The Bertz CT molecular complexity index is 528. The molecule has 0 saturated heterocycles. The molecule has 0 aromatic heterocycles. The zero-order valence-electron chi connectivity index (χ0n) is 11.9. The minimum Gasteiger partial charge on any atom is -0.497 e. The molecule has 0 aliphatic carbocycles. The van der Waals surface area contributed by atoms with Gasteiger partial charge in [0.2, 0.25) is 0 Å². The van der Waals surface area contributed by atoms with Crippen LogP contribution in [0.15, 0.2) is 54.6 Å². The predicted octanol–water partition coefficient (Wildman–Crippen LogP) is 2.91. The molecule has 0 radical (unpaired) electrons. The second kappa shape index (κ2) is 7.08. The summed E-state index contributed by atoms with van der Waals surface area (Å²) in [6, 6.07) is 17.6. The van der Waals surface area contributed by atoms with Crippen molar-refractivity contribution in [2.24, 2.45) is 0 Å². The van der Waals surface area contributed by atoms with Crippen LogP contribution in [0.3, 0.4) is 0 Å². The highest BCUT2D eigenvalue weighted by molar-refractivity contribution is 5.28. The van der Waals surface area contributed by atoms with Crippen molar-refractivity contribution in [3.8, 4) is 5.75 Å². The molecule has 2 aromatic carbocycles. The van der Waals surface area contributed by atoms with Crippen molar-refractivity contribution in [3.05, 3.63) is 65.7 Å². The average Bonchev–Trinajstić information content (AvgIpc) is 2.53. The standard InChI is InChI=1S/C17H21NO2/c1-13(17(19)15-8-4-3-5-9-15)18-12-14-7-6-10-16(11-14)20-2/h3-11,13,17-19H,12H2,1-2H3/t13-,17-/m0/s1. The first-order valence-electron chi connectivity index (χ1n) is 6.80. The summed E-state index contributed by atoms with van der Waals surface area (Å²) in [6.45, 7) is 2.68. The Morgan fingerprint density at radius 1 is 1.10 bits per heavy atom. The van der Waals surface area contributed by atoms with Gasteiger partial charge in [-0.05, 0) is 30.2 Å². The van der Waals surface area contributed by atoms with Gasteiger partial charge in [0.05, 0.1) is 13.2 Å². The first-order chi connectivity index (χ1) is 9.70. The molecular weight excluding hydrogens is 250 g/mol. The van der Waals surface area contributed by atoms with E-state index >= 15 is 0 Å². The molecule has 3 nitrogen and oxygen atoms in total.